The van der Waals surface area contributed by atoms with Crippen molar-refractivity contribution in [2.45, 2.75) is 64.0 Å². The summed E-state index contributed by atoms with van der Waals surface area (Å²) in [6, 6.07) is -1.51. The molecule has 2 fully saturated rings. The van der Waals surface area contributed by atoms with Crippen molar-refractivity contribution in [2.75, 3.05) is 11.4 Å². The van der Waals surface area contributed by atoms with Gasteiger partial charge in [-0.2, -0.15) is 13.2 Å². The first-order chi connectivity index (χ1) is 11.0. The van der Waals surface area contributed by atoms with E-state index in [4.69, 9.17) is 9.31 Å². The van der Waals surface area contributed by atoms with Gasteiger partial charge >= 0.3 is 13.3 Å². The molecule has 0 spiro atoms. The van der Waals surface area contributed by atoms with Gasteiger partial charge in [-0.1, -0.05) is 0 Å². The fourth-order valence-electron chi connectivity index (χ4n) is 2.93. The van der Waals surface area contributed by atoms with Gasteiger partial charge in [-0.25, -0.2) is 9.97 Å². The fourth-order valence-corrected chi connectivity index (χ4v) is 2.93. The maximum atomic E-state index is 13.1. The van der Waals surface area contributed by atoms with E-state index in [1.807, 2.05) is 27.7 Å². The van der Waals surface area contributed by atoms with Crippen molar-refractivity contribution in [3.8, 4) is 0 Å². The SMILES string of the molecule is CC1(C)OB(c2cnc(N3CCC[C@@H]3C(F)(F)F)nc2)OC1(C)C. The summed E-state index contributed by atoms with van der Waals surface area (Å²) < 4.78 is 51.0. The Bertz CT molecular complexity index is 591. The van der Waals surface area contributed by atoms with Crippen molar-refractivity contribution in [1.82, 2.24) is 9.97 Å². The molecule has 132 valence electrons. The molecule has 0 amide bonds. The number of rotatable bonds is 2. The molecule has 0 unspecified atom stereocenters. The number of alkyl halides is 3. The summed E-state index contributed by atoms with van der Waals surface area (Å²) in [6.07, 6.45) is -0.755. The van der Waals surface area contributed by atoms with Gasteiger partial charge in [-0.05, 0) is 40.5 Å². The van der Waals surface area contributed by atoms with E-state index in [0.29, 0.717) is 18.4 Å². The summed E-state index contributed by atoms with van der Waals surface area (Å²) in [5.41, 5.74) is -0.389. The highest BCUT2D eigenvalue weighted by molar-refractivity contribution is 6.61. The lowest BCUT2D eigenvalue weighted by Crippen LogP contribution is -2.42. The second kappa shape index (κ2) is 5.59. The smallest absolute Gasteiger partial charge is 0.399 e. The van der Waals surface area contributed by atoms with Gasteiger partial charge < -0.3 is 14.2 Å². The van der Waals surface area contributed by atoms with Crippen LogP contribution in [-0.2, 0) is 9.31 Å². The van der Waals surface area contributed by atoms with Gasteiger partial charge in [0, 0.05) is 24.4 Å². The van der Waals surface area contributed by atoms with E-state index < -0.39 is 30.5 Å². The number of nitrogens with zero attached hydrogens (tertiary/aromatic N) is 3. The van der Waals surface area contributed by atoms with E-state index in [1.54, 1.807) is 0 Å². The highest BCUT2D eigenvalue weighted by Crippen LogP contribution is 2.37. The number of hydrogen-bond acceptors (Lipinski definition) is 5. The average molecular weight is 343 g/mol. The maximum absolute atomic E-state index is 13.1. The molecule has 1 aromatic heterocycles. The van der Waals surface area contributed by atoms with Crippen molar-refractivity contribution < 1.29 is 22.5 Å². The molecule has 1 atom stereocenters. The third-order valence-electron chi connectivity index (χ3n) is 5.07. The predicted molar refractivity (Wildman–Crippen MR) is 84.2 cm³/mol. The van der Waals surface area contributed by atoms with Gasteiger partial charge in [-0.15, -0.1) is 0 Å². The fraction of sp³-hybridized carbons (Fsp3) is 0.733. The molecule has 1 aromatic rings. The summed E-state index contributed by atoms with van der Waals surface area (Å²) in [4.78, 5) is 9.46. The van der Waals surface area contributed by atoms with Gasteiger partial charge in [0.25, 0.3) is 0 Å². The zero-order valence-electron chi connectivity index (χ0n) is 14.2. The lowest BCUT2D eigenvalue weighted by atomic mass is 9.81. The molecule has 2 aliphatic heterocycles. The summed E-state index contributed by atoms with van der Waals surface area (Å²) in [5, 5.41) is 0. The lowest BCUT2D eigenvalue weighted by Gasteiger charge is -2.32. The van der Waals surface area contributed by atoms with Gasteiger partial charge in [0.1, 0.15) is 6.04 Å². The molecular formula is C15H21BF3N3O2. The van der Waals surface area contributed by atoms with Gasteiger partial charge in [0.15, 0.2) is 0 Å². The van der Waals surface area contributed by atoms with Crippen LogP contribution in [0.1, 0.15) is 40.5 Å². The molecule has 0 aromatic carbocycles. The minimum Gasteiger partial charge on any atom is -0.399 e. The van der Waals surface area contributed by atoms with Crippen LogP contribution >= 0.6 is 0 Å². The highest BCUT2D eigenvalue weighted by atomic mass is 19.4. The normalized spacial score (nSPS) is 26.2. The number of anilines is 1. The van der Waals surface area contributed by atoms with Crippen molar-refractivity contribution in [3.05, 3.63) is 12.4 Å². The topological polar surface area (TPSA) is 47.5 Å². The van der Waals surface area contributed by atoms with Crippen LogP contribution in [0.15, 0.2) is 12.4 Å². The Labute approximate surface area is 139 Å². The van der Waals surface area contributed by atoms with E-state index in [9.17, 15) is 13.2 Å². The second-order valence-electron chi connectivity index (χ2n) is 7.30. The molecule has 0 saturated carbocycles. The molecule has 3 heterocycles. The molecular weight excluding hydrogens is 322 g/mol. The lowest BCUT2D eigenvalue weighted by molar-refractivity contribution is -0.146. The van der Waals surface area contributed by atoms with E-state index in [1.165, 1.54) is 17.3 Å². The minimum absolute atomic E-state index is 0.0752. The van der Waals surface area contributed by atoms with Crippen LogP contribution in [0, 0.1) is 0 Å². The first-order valence-electron chi connectivity index (χ1n) is 8.02. The van der Waals surface area contributed by atoms with E-state index in [-0.39, 0.29) is 12.4 Å². The maximum Gasteiger partial charge on any atom is 0.498 e. The van der Waals surface area contributed by atoms with Crippen LogP contribution in [0.3, 0.4) is 0 Å². The summed E-state index contributed by atoms with van der Waals surface area (Å²) >= 11 is 0. The third kappa shape index (κ3) is 2.99. The number of aromatic nitrogens is 2. The Morgan fingerprint density at radius 1 is 1.12 bits per heavy atom. The monoisotopic (exact) mass is 343 g/mol. The summed E-state index contributed by atoms with van der Waals surface area (Å²) in [6.45, 7) is 8.03. The first-order valence-corrected chi connectivity index (χ1v) is 8.02. The Kier molecular flexibility index (Phi) is 4.07. The molecule has 0 bridgehead atoms. The molecule has 2 saturated heterocycles. The van der Waals surface area contributed by atoms with E-state index in [2.05, 4.69) is 9.97 Å². The molecule has 0 N–H and O–H groups in total. The molecule has 3 rings (SSSR count). The predicted octanol–water partition coefficient (Wildman–Crippen LogP) is 2.31. The van der Waals surface area contributed by atoms with Crippen molar-refractivity contribution in [1.29, 1.82) is 0 Å². The van der Waals surface area contributed by atoms with E-state index in [0.717, 1.165) is 0 Å². The van der Waals surface area contributed by atoms with Crippen LogP contribution in [0.4, 0.5) is 19.1 Å². The summed E-state index contributed by atoms with van der Waals surface area (Å²) in [5.74, 6) is 0.0927. The van der Waals surface area contributed by atoms with Crippen LogP contribution < -0.4 is 10.4 Å². The highest BCUT2D eigenvalue weighted by Gasteiger charge is 2.52. The third-order valence-corrected chi connectivity index (χ3v) is 5.07. The molecule has 0 aliphatic carbocycles. The van der Waals surface area contributed by atoms with E-state index >= 15 is 0 Å². The Morgan fingerprint density at radius 3 is 2.17 bits per heavy atom. The first kappa shape index (κ1) is 17.5. The zero-order chi connectivity index (χ0) is 17.8. The standard InChI is InChI=1S/C15H21BF3N3O2/c1-13(2)14(3,4)24-16(23-13)10-8-20-12(21-9-10)22-7-5-6-11(22)15(17,18)19/h8-9,11H,5-7H2,1-4H3/t11-/m1/s1. The van der Waals surface area contributed by atoms with Crippen molar-refractivity contribution in [3.63, 3.8) is 0 Å². The average Bonchev–Trinajstić information content (AvgIpc) is 3.02. The largest absolute Gasteiger partial charge is 0.498 e. The van der Waals surface area contributed by atoms with Gasteiger partial charge in [-0.3, -0.25) is 0 Å². The van der Waals surface area contributed by atoms with Gasteiger partial charge in [0.05, 0.1) is 11.2 Å². The number of hydrogen-bond donors (Lipinski definition) is 0. The van der Waals surface area contributed by atoms with Crippen LogP contribution in [0.5, 0.6) is 0 Å². The van der Waals surface area contributed by atoms with Crippen molar-refractivity contribution >= 4 is 18.5 Å². The quantitative estimate of drug-likeness (QED) is 0.772. The van der Waals surface area contributed by atoms with Crippen LogP contribution in [0.2, 0.25) is 0 Å². The van der Waals surface area contributed by atoms with Gasteiger partial charge in [0.2, 0.25) is 5.95 Å². The Morgan fingerprint density at radius 2 is 1.67 bits per heavy atom. The molecule has 2 aliphatic rings. The Balaban J connectivity index is 1.77. The van der Waals surface area contributed by atoms with Crippen LogP contribution in [-0.4, -0.2) is 47.1 Å². The number of halogens is 3. The molecule has 9 heteroatoms. The Hall–Kier alpha value is -1.35. The molecule has 5 nitrogen and oxygen atoms in total. The molecule has 24 heavy (non-hydrogen) atoms. The van der Waals surface area contributed by atoms with Crippen LogP contribution in [0.25, 0.3) is 0 Å². The second-order valence-corrected chi connectivity index (χ2v) is 7.30. The van der Waals surface area contributed by atoms with Crippen molar-refractivity contribution in [2.24, 2.45) is 0 Å². The minimum atomic E-state index is -4.27. The zero-order valence-corrected chi connectivity index (χ0v) is 14.2. The molecule has 0 radical (unpaired) electrons. The summed E-state index contributed by atoms with van der Waals surface area (Å²) in [7, 11) is -0.624.